The van der Waals surface area contributed by atoms with Gasteiger partial charge in [0, 0.05) is 0 Å². The quantitative estimate of drug-likeness (QED) is 0.836. The van der Waals surface area contributed by atoms with E-state index in [1.807, 2.05) is 13.8 Å². The lowest BCUT2D eigenvalue weighted by Crippen LogP contribution is -2.40. The van der Waals surface area contributed by atoms with Gasteiger partial charge in [-0.25, -0.2) is 8.42 Å². The number of aliphatic carboxylic acids is 1. The number of hydrogen-bond donors (Lipinski definition) is 2. The van der Waals surface area contributed by atoms with Crippen LogP contribution >= 0.6 is 0 Å². The number of carboxylic acid groups (broad SMARTS) is 1. The van der Waals surface area contributed by atoms with Crippen LogP contribution in [0.3, 0.4) is 0 Å². The van der Waals surface area contributed by atoms with Gasteiger partial charge in [-0.3, -0.25) is 4.79 Å². The van der Waals surface area contributed by atoms with E-state index in [1.165, 1.54) is 12.1 Å². The largest absolute Gasteiger partial charge is 0.480 e. The number of rotatable bonds is 6. The zero-order valence-electron chi connectivity index (χ0n) is 11.3. The van der Waals surface area contributed by atoms with E-state index in [9.17, 15) is 13.2 Å². The summed E-state index contributed by atoms with van der Waals surface area (Å²) in [5.41, 5.74) is 1.03. The number of carboxylic acids is 1. The first-order valence-corrected chi connectivity index (χ1v) is 7.61. The normalized spacial score (nSPS) is 13.5. The second kappa shape index (κ2) is 6.16. The van der Waals surface area contributed by atoms with Crippen LogP contribution in [0.15, 0.2) is 29.2 Å². The average Bonchev–Trinajstić information content (AvgIpc) is 2.35. The van der Waals surface area contributed by atoms with Gasteiger partial charge in [0.2, 0.25) is 10.0 Å². The Labute approximate surface area is 113 Å². The highest BCUT2D eigenvalue weighted by molar-refractivity contribution is 7.89. The second-order valence-electron chi connectivity index (χ2n) is 4.64. The molecule has 106 valence electrons. The summed E-state index contributed by atoms with van der Waals surface area (Å²) in [6.07, 6.45) is 0.193. The molecule has 5 nitrogen and oxygen atoms in total. The zero-order valence-corrected chi connectivity index (χ0v) is 12.1. The van der Waals surface area contributed by atoms with Crippen LogP contribution in [0.25, 0.3) is 0 Å². The van der Waals surface area contributed by atoms with Crippen LogP contribution in [-0.4, -0.2) is 25.5 Å². The number of carbonyl (C=O) groups is 1. The van der Waals surface area contributed by atoms with Gasteiger partial charge in [-0.2, -0.15) is 4.72 Å². The number of sulfonamides is 1. The molecular weight excluding hydrogens is 266 g/mol. The molecule has 0 unspecified atom stereocenters. The van der Waals surface area contributed by atoms with Gasteiger partial charge >= 0.3 is 5.97 Å². The number of nitrogens with one attached hydrogen (secondary N) is 1. The van der Waals surface area contributed by atoms with Crippen LogP contribution in [0.2, 0.25) is 0 Å². The molecule has 1 atom stereocenters. The summed E-state index contributed by atoms with van der Waals surface area (Å²) < 4.78 is 26.2. The molecule has 0 aromatic heterocycles. The minimum atomic E-state index is -3.79. The Morgan fingerprint density at radius 2 is 1.79 bits per heavy atom. The van der Waals surface area contributed by atoms with Gasteiger partial charge in [0.1, 0.15) is 6.04 Å². The smallest absolute Gasteiger partial charge is 0.321 e. The van der Waals surface area contributed by atoms with Crippen LogP contribution < -0.4 is 4.72 Å². The Hall–Kier alpha value is -1.40. The van der Waals surface area contributed by atoms with Crippen LogP contribution in [0, 0.1) is 0 Å². The van der Waals surface area contributed by atoms with Crippen LogP contribution in [0.5, 0.6) is 0 Å². The maximum atomic E-state index is 12.0. The van der Waals surface area contributed by atoms with Crippen molar-refractivity contribution in [3.05, 3.63) is 29.8 Å². The molecule has 1 aromatic carbocycles. The third-order valence-corrected chi connectivity index (χ3v) is 4.35. The lowest BCUT2D eigenvalue weighted by atomic mass is 10.0. The van der Waals surface area contributed by atoms with Crippen molar-refractivity contribution in [3.8, 4) is 0 Å². The fraction of sp³-hybridized carbons (Fsp3) is 0.462. The lowest BCUT2D eigenvalue weighted by Gasteiger charge is -2.13. The first-order valence-electron chi connectivity index (χ1n) is 6.13. The Balaban J connectivity index is 2.97. The first kappa shape index (κ1) is 15.7. The topological polar surface area (TPSA) is 83.5 Å². The molecule has 0 aliphatic heterocycles. The van der Waals surface area contributed by atoms with Crippen LogP contribution in [0.4, 0.5) is 0 Å². The number of hydrogen-bond acceptors (Lipinski definition) is 3. The van der Waals surface area contributed by atoms with Crippen molar-refractivity contribution in [3.63, 3.8) is 0 Å². The van der Waals surface area contributed by atoms with Crippen molar-refractivity contribution in [2.45, 2.75) is 44.0 Å². The summed E-state index contributed by atoms with van der Waals surface area (Å²) in [7, 11) is -3.79. The predicted octanol–water partition coefficient (Wildman–Crippen LogP) is 1.95. The lowest BCUT2D eigenvalue weighted by molar-refractivity contribution is -0.139. The molecule has 0 aliphatic carbocycles. The van der Waals surface area contributed by atoms with Gasteiger partial charge in [0.05, 0.1) is 4.90 Å². The minimum absolute atomic E-state index is 0.0802. The van der Waals surface area contributed by atoms with Gasteiger partial charge in [0.15, 0.2) is 0 Å². The van der Waals surface area contributed by atoms with E-state index in [4.69, 9.17) is 5.11 Å². The first-order chi connectivity index (χ1) is 8.77. The van der Waals surface area contributed by atoms with Gasteiger partial charge < -0.3 is 5.11 Å². The molecule has 1 aromatic rings. The molecule has 0 fully saturated rings. The van der Waals surface area contributed by atoms with Crippen molar-refractivity contribution >= 4 is 16.0 Å². The van der Waals surface area contributed by atoms with Gasteiger partial charge in [-0.15, -0.1) is 0 Å². The molecule has 19 heavy (non-hydrogen) atoms. The van der Waals surface area contributed by atoms with E-state index < -0.39 is 22.0 Å². The summed E-state index contributed by atoms with van der Waals surface area (Å²) in [6.45, 7) is 5.64. The Morgan fingerprint density at radius 1 is 1.26 bits per heavy atom. The molecule has 0 bridgehead atoms. The molecule has 6 heteroatoms. The van der Waals surface area contributed by atoms with Crippen LogP contribution in [0.1, 0.15) is 38.7 Å². The van der Waals surface area contributed by atoms with Crippen molar-refractivity contribution < 1.29 is 18.3 Å². The standard InChI is InChI=1S/C13H19NO4S/c1-4-12(13(15)16)14-19(17,18)11-7-5-10(6-8-11)9(2)3/h5-9,12,14H,4H2,1-3H3,(H,15,16)/t12-/m0/s1. The fourth-order valence-corrected chi connectivity index (χ4v) is 2.87. The molecule has 0 saturated carbocycles. The monoisotopic (exact) mass is 285 g/mol. The highest BCUT2D eigenvalue weighted by Crippen LogP contribution is 2.17. The predicted molar refractivity (Wildman–Crippen MR) is 72.6 cm³/mol. The van der Waals surface area contributed by atoms with Gasteiger partial charge in [-0.1, -0.05) is 32.9 Å². The van der Waals surface area contributed by atoms with Crippen molar-refractivity contribution in [2.24, 2.45) is 0 Å². The molecule has 2 N–H and O–H groups in total. The molecule has 0 aliphatic rings. The average molecular weight is 285 g/mol. The summed E-state index contributed by atoms with van der Waals surface area (Å²) in [5.74, 6) is -0.864. The Morgan fingerprint density at radius 3 is 2.16 bits per heavy atom. The van der Waals surface area contributed by atoms with Crippen molar-refractivity contribution in [1.82, 2.24) is 4.72 Å². The Bertz CT molecular complexity index is 534. The molecule has 0 radical (unpaired) electrons. The van der Waals surface area contributed by atoms with E-state index >= 15 is 0 Å². The van der Waals surface area contributed by atoms with Crippen molar-refractivity contribution in [1.29, 1.82) is 0 Å². The molecule has 0 spiro atoms. The summed E-state index contributed by atoms with van der Waals surface area (Å²) in [5, 5.41) is 8.87. The van der Waals surface area contributed by atoms with E-state index in [0.29, 0.717) is 5.92 Å². The molecule has 0 heterocycles. The SMILES string of the molecule is CC[C@H](NS(=O)(=O)c1ccc(C(C)C)cc1)C(=O)O. The van der Waals surface area contributed by atoms with Crippen LogP contribution in [-0.2, 0) is 14.8 Å². The van der Waals surface area contributed by atoms with E-state index in [1.54, 1.807) is 19.1 Å². The summed E-state index contributed by atoms with van der Waals surface area (Å²) >= 11 is 0. The number of benzene rings is 1. The molecule has 0 saturated heterocycles. The summed E-state index contributed by atoms with van der Waals surface area (Å²) in [4.78, 5) is 10.9. The highest BCUT2D eigenvalue weighted by atomic mass is 32.2. The maximum absolute atomic E-state index is 12.0. The highest BCUT2D eigenvalue weighted by Gasteiger charge is 2.23. The molecule has 0 amide bonds. The minimum Gasteiger partial charge on any atom is -0.480 e. The fourth-order valence-electron chi connectivity index (χ4n) is 1.60. The zero-order chi connectivity index (χ0) is 14.6. The van der Waals surface area contributed by atoms with E-state index in [-0.39, 0.29) is 11.3 Å². The molecular formula is C13H19NO4S. The van der Waals surface area contributed by atoms with Gasteiger partial charge in [-0.05, 0) is 30.0 Å². The van der Waals surface area contributed by atoms with E-state index in [2.05, 4.69) is 4.72 Å². The van der Waals surface area contributed by atoms with Crippen molar-refractivity contribution in [2.75, 3.05) is 0 Å². The second-order valence-corrected chi connectivity index (χ2v) is 6.36. The summed E-state index contributed by atoms with van der Waals surface area (Å²) in [6, 6.07) is 5.36. The molecule has 1 rings (SSSR count). The Kier molecular flexibility index (Phi) is 5.08. The van der Waals surface area contributed by atoms with E-state index in [0.717, 1.165) is 5.56 Å². The third-order valence-electron chi connectivity index (χ3n) is 2.86. The van der Waals surface area contributed by atoms with Gasteiger partial charge in [0.25, 0.3) is 0 Å². The third kappa shape index (κ3) is 4.04. The maximum Gasteiger partial charge on any atom is 0.321 e.